The second-order valence-corrected chi connectivity index (χ2v) is 11.5. The molecule has 1 aliphatic carbocycles. The van der Waals surface area contributed by atoms with Crippen molar-refractivity contribution in [2.45, 2.75) is 68.0 Å². The zero-order valence-electron chi connectivity index (χ0n) is 19.8. The van der Waals surface area contributed by atoms with Gasteiger partial charge in [-0.1, -0.05) is 18.1 Å². The van der Waals surface area contributed by atoms with E-state index in [4.69, 9.17) is 21.1 Å². The highest BCUT2D eigenvalue weighted by Gasteiger charge is 2.52. The van der Waals surface area contributed by atoms with Crippen molar-refractivity contribution < 1.29 is 39.1 Å². The third kappa shape index (κ3) is 5.13. The van der Waals surface area contributed by atoms with Crippen LogP contribution in [0.2, 0.25) is 5.28 Å². The van der Waals surface area contributed by atoms with Gasteiger partial charge in [0.15, 0.2) is 23.0 Å². The van der Waals surface area contributed by atoms with Gasteiger partial charge in [-0.15, -0.1) is 10.2 Å². The number of halogens is 1. The Morgan fingerprint density at radius 3 is 2.68 bits per heavy atom. The van der Waals surface area contributed by atoms with E-state index in [0.29, 0.717) is 11.2 Å². The summed E-state index contributed by atoms with van der Waals surface area (Å²) >= 11 is 6.16. The van der Waals surface area contributed by atoms with Gasteiger partial charge in [-0.3, -0.25) is 4.57 Å². The lowest BCUT2D eigenvalue weighted by atomic mass is 10.1. The van der Waals surface area contributed by atoms with Gasteiger partial charge in [-0.05, 0) is 24.4 Å². The molecule has 17 nitrogen and oxygen atoms in total. The number of anilines is 1. The van der Waals surface area contributed by atoms with E-state index in [9.17, 15) is 29.7 Å². The third-order valence-electron chi connectivity index (χ3n) is 6.82. The highest BCUT2D eigenvalue weighted by Crippen LogP contribution is 2.53. The van der Waals surface area contributed by atoms with Gasteiger partial charge < -0.3 is 39.9 Å². The Hall–Kier alpha value is -2.34. The Kier molecular flexibility index (Phi) is 7.65. The molecule has 5 atom stereocenters. The molecule has 0 aromatic carbocycles. The molecule has 5 rings (SSSR count). The van der Waals surface area contributed by atoms with E-state index < -0.39 is 57.1 Å². The number of fused-ring (bicyclic) bond motifs is 1. The van der Waals surface area contributed by atoms with Crippen LogP contribution in [0.1, 0.15) is 37.7 Å². The second-order valence-electron chi connectivity index (χ2n) is 9.30. The summed E-state index contributed by atoms with van der Waals surface area (Å²) in [6.45, 7) is -1.71. The van der Waals surface area contributed by atoms with Crippen LogP contribution in [0.3, 0.4) is 0 Å². The van der Waals surface area contributed by atoms with Crippen molar-refractivity contribution in [1.29, 1.82) is 0 Å². The molecule has 3 aromatic rings. The molecule has 3 aromatic heterocycles. The molecule has 1 saturated heterocycles. The first kappa shape index (κ1) is 27.2. The first-order chi connectivity index (χ1) is 18.1. The number of H-pyrrole nitrogens is 1. The molecular weight excluding hydrogens is 549 g/mol. The van der Waals surface area contributed by atoms with Crippen LogP contribution in [0.25, 0.3) is 11.0 Å². The largest absolute Gasteiger partial charge is 0.393 e. The van der Waals surface area contributed by atoms with Crippen molar-refractivity contribution in [3.8, 4) is 0 Å². The molecule has 208 valence electrons. The van der Waals surface area contributed by atoms with Crippen LogP contribution < -0.4 is 5.32 Å². The Morgan fingerprint density at radius 1 is 1.26 bits per heavy atom. The molecule has 19 heteroatoms. The topological polar surface area (TPSA) is 247 Å². The monoisotopic (exact) mass is 575 g/mol. The van der Waals surface area contributed by atoms with Gasteiger partial charge in [-0.25, -0.2) is 4.68 Å². The number of rotatable bonds is 10. The molecule has 0 radical (unpaired) electrons. The summed E-state index contributed by atoms with van der Waals surface area (Å²) < 4.78 is 24.8. The number of tetrazole rings is 1. The Balaban J connectivity index is 1.36. The number of aliphatic hydroxyl groups excluding tert-OH is 3. The van der Waals surface area contributed by atoms with Crippen LogP contribution in [-0.4, -0.2) is 108 Å². The van der Waals surface area contributed by atoms with Gasteiger partial charge in [0, 0.05) is 6.04 Å². The van der Waals surface area contributed by atoms with Gasteiger partial charge in [-0.2, -0.15) is 20.3 Å². The highest BCUT2D eigenvalue weighted by molar-refractivity contribution is 7.53. The molecular formula is C19H27ClN9O8P. The summed E-state index contributed by atoms with van der Waals surface area (Å²) in [7, 11) is -5.11. The average Bonchev–Trinajstić information content (AvgIpc) is 3.67. The Bertz CT molecular complexity index is 1300. The summed E-state index contributed by atoms with van der Waals surface area (Å²) in [5.41, 5.74) is 0.250. The maximum Gasteiger partial charge on any atom is 0.359 e. The summed E-state index contributed by atoms with van der Waals surface area (Å²) in [4.78, 5) is 28.4. The van der Waals surface area contributed by atoms with Crippen molar-refractivity contribution >= 4 is 36.0 Å². The smallest absolute Gasteiger partial charge is 0.359 e. The maximum atomic E-state index is 12.3. The summed E-state index contributed by atoms with van der Waals surface area (Å²) in [5, 5.41) is 49.7. The zero-order valence-corrected chi connectivity index (χ0v) is 21.5. The first-order valence-corrected chi connectivity index (χ1v) is 13.8. The quantitative estimate of drug-likeness (QED) is 0.114. The van der Waals surface area contributed by atoms with Crippen molar-refractivity contribution in [3.05, 3.63) is 17.3 Å². The number of hydrogen-bond acceptors (Lipinski definition) is 13. The van der Waals surface area contributed by atoms with Crippen molar-refractivity contribution in [2.24, 2.45) is 0 Å². The van der Waals surface area contributed by atoms with E-state index in [1.54, 1.807) is 0 Å². The lowest BCUT2D eigenvalue weighted by molar-refractivity contribution is -0.109. The Morgan fingerprint density at radius 2 is 2.03 bits per heavy atom. The summed E-state index contributed by atoms with van der Waals surface area (Å²) in [6.07, 6.45) is -0.442. The SMILES string of the molecule is O=P(O)(O)C(CO)(Cc1nn[nH]n1)OC[C@H]1OC(n2ncc3c(NC4CCCC4)nc(Cl)nc32)[C@H](O)[C@@H]1O. The van der Waals surface area contributed by atoms with Gasteiger partial charge in [0.25, 0.3) is 0 Å². The number of aromatic amines is 1. The summed E-state index contributed by atoms with van der Waals surface area (Å²) in [5.74, 6) is 0.372. The molecule has 2 fully saturated rings. The van der Waals surface area contributed by atoms with Crippen LogP contribution >= 0.6 is 19.2 Å². The van der Waals surface area contributed by atoms with E-state index in [1.807, 2.05) is 0 Å². The van der Waals surface area contributed by atoms with E-state index in [0.717, 1.165) is 25.7 Å². The van der Waals surface area contributed by atoms with E-state index in [2.05, 4.69) is 41.0 Å². The minimum Gasteiger partial charge on any atom is -0.393 e. The molecule has 0 spiro atoms. The lowest BCUT2D eigenvalue weighted by Gasteiger charge is -2.32. The molecule has 1 saturated carbocycles. The molecule has 4 heterocycles. The minimum absolute atomic E-state index is 0.0523. The fraction of sp³-hybridized carbons (Fsp3) is 0.684. The maximum absolute atomic E-state index is 12.3. The standard InChI is InChI=1S/C19H27ClN9O8P/c20-18-23-15(22-9-3-1-2-4-9)10-6-21-29(16(10)24-18)17-14(32)13(31)11(37-17)7-36-19(8-30,38(33,34)35)5-12-25-27-28-26-12/h6,9,11,13-14,17,30-32H,1-5,7-8H2,(H,22,23,24)(H2,33,34,35)(H,25,26,27,28)/t11-,13-,14-,17?,19?/m1/s1. The fourth-order valence-electron chi connectivity index (χ4n) is 4.70. The van der Waals surface area contributed by atoms with Crippen molar-refractivity contribution in [1.82, 2.24) is 40.4 Å². The number of aromatic nitrogens is 8. The van der Waals surface area contributed by atoms with Gasteiger partial charge in [0.1, 0.15) is 24.1 Å². The van der Waals surface area contributed by atoms with Crippen LogP contribution in [-0.2, 0) is 20.5 Å². The van der Waals surface area contributed by atoms with Crippen LogP contribution in [0.4, 0.5) is 5.82 Å². The number of hydrogen-bond donors (Lipinski definition) is 7. The van der Waals surface area contributed by atoms with Crippen LogP contribution in [0.5, 0.6) is 0 Å². The van der Waals surface area contributed by atoms with Crippen molar-refractivity contribution in [3.63, 3.8) is 0 Å². The highest BCUT2D eigenvalue weighted by atomic mass is 35.5. The molecule has 2 aliphatic rings. The normalized spacial score (nSPS) is 26.3. The molecule has 0 bridgehead atoms. The van der Waals surface area contributed by atoms with E-state index in [1.165, 1.54) is 10.9 Å². The second kappa shape index (κ2) is 10.7. The number of nitrogens with zero attached hydrogens (tertiary/aromatic N) is 7. The molecule has 2 unspecified atom stereocenters. The lowest BCUT2D eigenvalue weighted by Crippen LogP contribution is -2.43. The zero-order chi connectivity index (χ0) is 27.1. The van der Waals surface area contributed by atoms with Gasteiger partial charge >= 0.3 is 7.60 Å². The van der Waals surface area contributed by atoms with Gasteiger partial charge in [0.05, 0.1) is 31.2 Å². The summed E-state index contributed by atoms with van der Waals surface area (Å²) in [6, 6.07) is 0.234. The molecule has 0 amide bonds. The molecule has 1 aliphatic heterocycles. The number of ether oxygens (including phenoxy) is 2. The fourth-order valence-corrected chi connectivity index (χ4v) is 5.64. The van der Waals surface area contributed by atoms with Crippen molar-refractivity contribution in [2.75, 3.05) is 18.5 Å². The first-order valence-electron chi connectivity index (χ1n) is 11.8. The predicted molar refractivity (Wildman–Crippen MR) is 128 cm³/mol. The number of aliphatic hydroxyl groups is 3. The molecule has 38 heavy (non-hydrogen) atoms. The Labute approximate surface area is 219 Å². The molecule has 7 N–H and O–H groups in total. The van der Waals surface area contributed by atoms with Crippen LogP contribution in [0.15, 0.2) is 6.20 Å². The van der Waals surface area contributed by atoms with Gasteiger partial charge in [0.2, 0.25) is 5.28 Å². The van der Waals surface area contributed by atoms with E-state index >= 15 is 0 Å². The minimum atomic E-state index is -5.11. The third-order valence-corrected chi connectivity index (χ3v) is 8.48. The van der Waals surface area contributed by atoms with Crippen LogP contribution in [0, 0.1) is 0 Å². The average molecular weight is 576 g/mol. The van der Waals surface area contributed by atoms with E-state index in [-0.39, 0.29) is 22.8 Å². The number of nitrogens with one attached hydrogen (secondary N) is 2. The predicted octanol–water partition coefficient (Wildman–Crippen LogP) is -0.908.